The first-order valence-electron chi connectivity index (χ1n) is 9.67. The first-order chi connectivity index (χ1) is 13.3. The van der Waals surface area contributed by atoms with E-state index in [4.69, 9.17) is 4.74 Å². The summed E-state index contributed by atoms with van der Waals surface area (Å²) in [5.74, 6) is 0.482. The van der Waals surface area contributed by atoms with E-state index < -0.39 is 16.7 Å². The second-order valence-electron chi connectivity index (χ2n) is 8.25. The SMILES string of the molecule is CC(C)Cn1nc2n(c(=O)c1=O)C[C@]1(CCN(Cc3ccc(F)cc3)C1)OC2. The third-order valence-electron chi connectivity index (χ3n) is 5.42. The van der Waals surface area contributed by atoms with E-state index >= 15 is 0 Å². The molecule has 0 N–H and O–H groups in total. The van der Waals surface area contributed by atoms with Crippen LogP contribution in [0.25, 0.3) is 0 Å². The number of hydrogen-bond donors (Lipinski definition) is 0. The Morgan fingerprint density at radius 2 is 1.93 bits per heavy atom. The Kier molecular flexibility index (Phi) is 4.93. The van der Waals surface area contributed by atoms with Crippen molar-refractivity contribution in [2.75, 3.05) is 13.1 Å². The third kappa shape index (κ3) is 3.66. The molecule has 3 heterocycles. The summed E-state index contributed by atoms with van der Waals surface area (Å²) in [5, 5.41) is 4.36. The molecule has 28 heavy (non-hydrogen) atoms. The topological polar surface area (TPSA) is 69.4 Å². The predicted octanol–water partition coefficient (Wildman–Crippen LogP) is 1.37. The Bertz CT molecular complexity index is 982. The highest BCUT2D eigenvalue weighted by Crippen LogP contribution is 2.31. The van der Waals surface area contributed by atoms with E-state index in [0.717, 1.165) is 18.5 Å². The van der Waals surface area contributed by atoms with Gasteiger partial charge in [-0.1, -0.05) is 26.0 Å². The largest absolute Gasteiger partial charge is 0.364 e. The summed E-state index contributed by atoms with van der Waals surface area (Å²) >= 11 is 0. The Labute approximate surface area is 162 Å². The fourth-order valence-electron chi connectivity index (χ4n) is 4.03. The molecule has 1 aromatic carbocycles. The first kappa shape index (κ1) is 19.0. The van der Waals surface area contributed by atoms with Crippen LogP contribution in [-0.4, -0.2) is 37.9 Å². The summed E-state index contributed by atoms with van der Waals surface area (Å²) in [4.78, 5) is 27.3. The normalized spacial score (nSPS) is 22.1. The Hall–Kier alpha value is -2.32. The van der Waals surface area contributed by atoms with E-state index in [1.165, 1.54) is 21.4 Å². The number of aromatic nitrogens is 3. The highest BCUT2D eigenvalue weighted by molar-refractivity contribution is 5.16. The molecule has 8 heteroatoms. The Morgan fingerprint density at radius 3 is 2.64 bits per heavy atom. The van der Waals surface area contributed by atoms with Gasteiger partial charge in [0, 0.05) is 26.2 Å². The summed E-state index contributed by atoms with van der Waals surface area (Å²) in [6.07, 6.45) is 0.773. The van der Waals surface area contributed by atoms with Gasteiger partial charge in [0.15, 0.2) is 5.82 Å². The molecule has 1 aromatic heterocycles. The van der Waals surface area contributed by atoms with Crippen LogP contribution in [0.2, 0.25) is 0 Å². The third-order valence-corrected chi connectivity index (χ3v) is 5.42. The zero-order valence-corrected chi connectivity index (χ0v) is 16.2. The maximum absolute atomic E-state index is 13.1. The van der Waals surface area contributed by atoms with Gasteiger partial charge in [-0.2, -0.15) is 5.10 Å². The van der Waals surface area contributed by atoms with Crippen molar-refractivity contribution in [3.63, 3.8) is 0 Å². The number of likely N-dealkylation sites (tertiary alicyclic amines) is 1. The van der Waals surface area contributed by atoms with Crippen LogP contribution in [0.3, 0.4) is 0 Å². The van der Waals surface area contributed by atoms with Crippen LogP contribution in [-0.2, 0) is 31.0 Å². The lowest BCUT2D eigenvalue weighted by Crippen LogP contribution is -2.53. The van der Waals surface area contributed by atoms with Crippen LogP contribution < -0.4 is 11.1 Å². The summed E-state index contributed by atoms with van der Waals surface area (Å²) < 4.78 is 22.0. The first-order valence-corrected chi connectivity index (χ1v) is 9.67. The minimum absolute atomic E-state index is 0.220. The number of benzene rings is 1. The minimum atomic E-state index is -0.573. The van der Waals surface area contributed by atoms with Crippen LogP contribution in [0.5, 0.6) is 0 Å². The van der Waals surface area contributed by atoms with Crippen LogP contribution >= 0.6 is 0 Å². The molecular weight excluding hydrogens is 363 g/mol. The number of halogens is 1. The number of fused-ring (bicyclic) bond motifs is 1. The molecule has 1 atom stereocenters. The fraction of sp³-hybridized carbons (Fsp3) is 0.550. The van der Waals surface area contributed by atoms with Crippen molar-refractivity contribution < 1.29 is 9.13 Å². The minimum Gasteiger partial charge on any atom is -0.364 e. The molecule has 0 unspecified atom stereocenters. The van der Waals surface area contributed by atoms with Crippen molar-refractivity contribution in [2.45, 2.75) is 52.1 Å². The second-order valence-corrected chi connectivity index (χ2v) is 8.25. The predicted molar refractivity (Wildman–Crippen MR) is 101 cm³/mol. The molecule has 2 aliphatic rings. The zero-order chi connectivity index (χ0) is 19.9. The molecule has 0 amide bonds. The van der Waals surface area contributed by atoms with E-state index in [0.29, 0.717) is 32.0 Å². The highest BCUT2D eigenvalue weighted by Gasteiger charge is 2.43. The Morgan fingerprint density at radius 1 is 1.18 bits per heavy atom. The molecule has 1 fully saturated rings. The average molecular weight is 388 g/mol. The van der Waals surface area contributed by atoms with Gasteiger partial charge in [0.05, 0.1) is 6.54 Å². The van der Waals surface area contributed by atoms with Gasteiger partial charge in [0.25, 0.3) is 0 Å². The van der Waals surface area contributed by atoms with Crippen LogP contribution in [0.1, 0.15) is 31.7 Å². The van der Waals surface area contributed by atoms with E-state index in [2.05, 4.69) is 10.00 Å². The molecule has 0 saturated carbocycles. The number of ether oxygens (including phenoxy) is 1. The van der Waals surface area contributed by atoms with Gasteiger partial charge in [-0.05, 0) is 30.0 Å². The molecule has 7 nitrogen and oxygen atoms in total. The van der Waals surface area contributed by atoms with Crippen molar-refractivity contribution in [1.29, 1.82) is 0 Å². The van der Waals surface area contributed by atoms with E-state index in [9.17, 15) is 14.0 Å². The maximum atomic E-state index is 13.1. The smallest absolute Gasteiger partial charge is 0.332 e. The summed E-state index contributed by atoms with van der Waals surface area (Å²) in [7, 11) is 0. The molecule has 1 saturated heterocycles. The number of rotatable bonds is 4. The molecule has 0 aliphatic carbocycles. The molecule has 4 rings (SSSR count). The molecule has 2 aromatic rings. The van der Waals surface area contributed by atoms with E-state index in [-0.39, 0.29) is 18.3 Å². The van der Waals surface area contributed by atoms with Gasteiger partial charge < -0.3 is 4.74 Å². The van der Waals surface area contributed by atoms with Crippen LogP contribution in [0, 0.1) is 11.7 Å². The molecule has 0 bridgehead atoms. The van der Waals surface area contributed by atoms with Crippen molar-refractivity contribution in [3.05, 3.63) is 62.2 Å². The molecule has 150 valence electrons. The highest BCUT2D eigenvalue weighted by atomic mass is 19.1. The van der Waals surface area contributed by atoms with Crippen LogP contribution in [0.4, 0.5) is 4.39 Å². The monoisotopic (exact) mass is 388 g/mol. The standard InChI is InChI=1S/C20H25FN4O3/c1-14(2)9-25-19(27)18(26)24-13-20(28-11-17(24)22-25)7-8-23(12-20)10-15-3-5-16(21)6-4-15/h3-6,14H,7-13H2,1-2H3/t20-/m1/s1. The average Bonchev–Trinajstić information content (AvgIpc) is 3.04. The van der Waals surface area contributed by atoms with Crippen molar-refractivity contribution in [2.24, 2.45) is 5.92 Å². The van der Waals surface area contributed by atoms with Crippen molar-refractivity contribution in [1.82, 2.24) is 19.2 Å². The lowest BCUT2D eigenvalue weighted by molar-refractivity contribution is -0.0859. The van der Waals surface area contributed by atoms with Gasteiger partial charge in [-0.25, -0.2) is 9.07 Å². The molecule has 1 spiro atoms. The van der Waals surface area contributed by atoms with Crippen LogP contribution in [0.15, 0.2) is 33.9 Å². The van der Waals surface area contributed by atoms with Gasteiger partial charge in [-0.3, -0.25) is 19.1 Å². The molecule has 2 aliphatic heterocycles. The lowest BCUT2D eigenvalue weighted by Gasteiger charge is -2.35. The Balaban J connectivity index is 1.52. The van der Waals surface area contributed by atoms with Gasteiger partial charge in [0.1, 0.15) is 18.0 Å². The second kappa shape index (κ2) is 7.25. The number of nitrogens with zero attached hydrogens (tertiary/aromatic N) is 4. The van der Waals surface area contributed by atoms with E-state index in [1.807, 2.05) is 13.8 Å². The summed E-state index contributed by atoms with van der Waals surface area (Å²) in [6.45, 7) is 7.10. The fourth-order valence-corrected chi connectivity index (χ4v) is 4.03. The summed E-state index contributed by atoms with van der Waals surface area (Å²) in [6, 6.07) is 6.48. The summed E-state index contributed by atoms with van der Waals surface area (Å²) in [5.41, 5.74) is -0.555. The number of hydrogen-bond acceptors (Lipinski definition) is 5. The van der Waals surface area contributed by atoms with E-state index in [1.54, 1.807) is 12.1 Å². The lowest BCUT2D eigenvalue weighted by atomic mass is 10.0. The molecule has 0 radical (unpaired) electrons. The molecular formula is C20H25FN4O3. The van der Waals surface area contributed by atoms with Crippen molar-refractivity contribution in [3.8, 4) is 0 Å². The van der Waals surface area contributed by atoms with Crippen molar-refractivity contribution >= 4 is 0 Å². The quantitative estimate of drug-likeness (QED) is 0.740. The van der Waals surface area contributed by atoms with Gasteiger partial charge >= 0.3 is 11.1 Å². The zero-order valence-electron chi connectivity index (χ0n) is 16.2. The van der Waals surface area contributed by atoms with Gasteiger partial charge in [-0.15, -0.1) is 0 Å². The maximum Gasteiger partial charge on any atom is 0.332 e. The van der Waals surface area contributed by atoms with Gasteiger partial charge in [0.2, 0.25) is 0 Å².